The molecule has 1 aromatic rings. The van der Waals surface area contributed by atoms with Crippen LogP contribution in [0.3, 0.4) is 0 Å². The van der Waals surface area contributed by atoms with E-state index in [0.29, 0.717) is 12.3 Å². The van der Waals surface area contributed by atoms with Crippen LogP contribution in [0.4, 0.5) is 17.6 Å². The zero-order valence-electron chi connectivity index (χ0n) is 5.49. The molecule has 0 aliphatic rings. The molecule has 0 aromatic carbocycles. The Morgan fingerprint density at radius 3 is 2.33 bits per heavy atom. The van der Waals surface area contributed by atoms with Crippen molar-refractivity contribution in [1.29, 1.82) is 0 Å². The fourth-order valence-corrected chi connectivity index (χ4v) is 0.856. The lowest BCUT2D eigenvalue weighted by atomic mass is 10.2. The van der Waals surface area contributed by atoms with Crippen molar-refractivity contribution in [2.45, 2.75) is 6.18 Å². The van der Waals surface area contributed by atoms with Crippen molar-refractivity contribution in [3.63, 3.8) is 0 Å². The second-order valence-corrected chi connectivity index (χ2v) is 2.34. The van der Waals surface area contributed by atoms with E-state index < -0.39 is 22.7 Å². The molecule has 0 saturated carbocycles. The molecule has 1 heterocycles. The number of hydrogen-bond donors (Lipinski definition) is 0. The van der Waals surface area contributed by atoms with Crippen LogP contribution < -0.4 is 0 Å². The molecule has 1 nitrogen and oxygen atoms in total. The van der Waals surface area contributed by atoms with E-state index in [4.69, 9.17) is 11.6 Å². The summed E-state index contributed by atoms with van der Waals surface area (Å²) < 4.78 is 48.2. The van der Waals surface area contributed by atoms with E-state index >= 15 is 0 Å². The summed E-state index contributed by atoms with van der Waals surface area (Å²) in [6.45, 7) is 0. The van der Waals surface area contributed by atoms with Gasteiger partial charge in [-0.05, 0) is 6.07 Å². The van der Waals surface area contributed by atoms with Crippen molar-refractivity contribution in [2.24, 2.45) is 0 Å². The summed E-state index contributed by atoms with van der Waals surface area (Å²) in [5.41, 5.74) is -1.21. The fourth-order valence-electron chi connectivity index (χ4n) is 0.637. The minimum Gasteiger partial charge on any atom is -0.227 e. The van der Waals surface area contributed by atoms with Gasteiger partial charge in [0, 0.05) is 6.20 Å². The standard InChI is InChI=1S/C6H2ClF4N/c7-4-3(6(9,10)11)1-2-12-5(4)8/h1-2H. The third kappa shape index (κ3) is 1.66. The number of halogens is 5. The number of rotatable bonds is 0. The van der Waals surface area contributed by atoms with Crippen molar-refractivity contribution in [1.82, 2.24) is 4.98 Å². The molecule has 0 N–H and O–H groups in total. The summed E-state index contributed by atoms with van der Waals surface area (Å²) in [6.07, 6.45) is -3.93. The SMILES string of the molecule is Fc1nccc(C(F)(F)F)c1Cl. The number of nitrogens with zero attached hydrogens (tertiary/aromatic N) is 1. The van der Waals surface area contributed by atoms with Crippen LogP contribution in [0.5, 0.6) is 0 Å². The number of alkyl halides is 3. The van der Waals surface area contributed by atoms with Crippen LogP contribution in [0.1, 0.15) is 5.56 Å². The molecular weight excluding hydrogens is 198 g/mol. The molecule has 0 bridgehead atoms. The van der Waals surface area contributed by atoms with Gasteiger partial charge in [0.1, 0.15) is 5.02 Å². The maximum Gasteiger partial charge on any atom is 0.418 e. The Balaban J connectivity index is 3.26. The molecule has 6 heteroatoms. The zero-order valence-corrected chi connectivity index (χ0v) is 6.25. The van der Waals surface area contributed by atoms with Crippen LogP contribution in [-0.2, 0) is 6.18 Å². The summed E-state index contributed by atoms with van der Waals surface area (Å²) >= 11 is 5.02. The first kappa shape index (κ1) is 9.25. The lowest BCUT2D eigenvalue weighted by Crippen LogP contribution is -2.07. The average Bonchev–Trinajstić information content (AvgIpc) is 1.92. The highest BCUT2D eigenvalue weighted by molar-refractivity contribution is 6.31. The van der Waals surface area contributed by atoms with Gasteiger partial charge in [-0.1, -0.05) is 11.6 Å². The molecule has 0 radical (unpaired) electrons. The smallest absolute Gasteiger partial charge is 0.227 e. The number of pyridine rings is 1. The predicted molar refractivity (Wildman–Crippen MR) is 34.2 cm³/mol. The van der Waals surface area contributed by atoms with Crippen molar-refractivity contribution in [2.75, 3.05) is 0 Å². The monoisotopic (exact) mass is 199 g/mol. The first-order valence-corrected chi connectivity index (χ1v) is 3.18. The zero-order chi connectivity index (χ0) is 9.35. The predicted octanol–water partition coefficient (Wildman–Crippen LogP) is 2.89. The van der Waals surface area contributed by atoms with E-state index in [1.165, 1.54) is 0 Å². The molecule has 0 atom stereocenters. The summed E-state index contributed by atoms with van der Waals surface area (Å²) in [5.74, 6) is -1.31. The van der Waals surface area contributed by atoms with E-state index in [9.17, 15) is 17.6 Å². The van der Waals surface area contributed by atoms with E-state index in [1.54, 1.807) is 0 Å². The molecule has 66 valence electrons. The van der Waals surface area contributed by atoms with Crippen molar-refractivity contribution >= 4 is 11.6 Å². The molecule has 0 spiro atoms. The number of hydrogen-bond acceptors (Lipinski definition) is 1. The molecule has 0 fully saturated rings. The molecule has 0 aliphatic heterocycles. The minimum atomic E-state index is -4.64. The fraction of sp³-hybridized carbons (Fsp3) is 0.167. The van der Waals surface area contributed by atoms with Gasteiger partial charge in [0.25, 0.3) is 0 Å². The van der Waals surface area contributed by atoms with Gasteiger partial charge in [-0.2, -0.15) is 17.6 Å². The van der Waals surface area contributed by atoms with Gasteiger partial charge in [-0.15, -0.1) is 0 Å². The van der Waals surface area contributed by atoms with Gasteiger partial charge in [-0.3, -0.25) is 0 Å². The van der Waals surface area contributed by atoms with Crippen LogP contribution >= 0.6 is 11.6 Å². The molecule has 0 aliphatic carbocycles. The maximum atomic E-state index is 12.4. The van der Waals surface area contributed by atoms with Crippen molar-refractivity contribution in [3.05, 3.63) is 28.8 Å². The first-order chi connectivity index (χ1) is 5.43. The van der Waals surface area contributed by atoms with Gasteiger partial charge >= 0.3 is 6.18 Å². The quantitative estimate of drug-likeness (QED) is 0.463. The van der Waals surface area contributed by atoms with Gasteiger partial charge in [0.05, 0.1) is 5.56 Å². The second kappa shape index (κ2) is 2.90. The number of aromatic nitrogens is 1. The third-order valence-electron chi connectivity index (χ3n) is 1.15. The highest BCUT2D eigenvalue weighted by Crippen LogP contribution is 2.34. The Bertz CT molecular complexity index is 296. The first-order valence-electron chi connectivity index (χ1n) is 2.80. The largest absolute Gasteiger partial charge is 0.418 e. The van der Waals surface area contributed by atoms with Gasteiger partial charge in [-0.25, -0.2) is 4.98 Å². The minimum absolute atomic E-state index is 0.616. The molecular formula is C6H2ClF4N. The van der Waals surface area contributed by atoms with Crippen LogP contribution in [0.25, 0.3) is 0 Å². The normalized spacial score (nSPS) is 11.8. The molecule has 12 heavy (non-hydrogen) atoms. The van der Waals surface area contributed by atoms with Crippen LogP contribution in [0.15, 0.2) is 12.3 Å². The molecule has 1 rings (SSSR count). The summed E-state index contributed by atoms with van der Waals surface area (Å²) in [5, 5.41) is -0.995. The van der Waals surface area contributed by atoms with E-state index in [-0.39, 0.29) is 0 Å². The third-order valence-corrected chi connectivity index (χ3v) is 1.51. The van der Waals surface area contributed by atoms with Crippen molar-refractivity contribution < 1.29 is 17.6 Å². The van der Waals surface area contributed by atoms with E-state index in [1.807, 2.05) is 0 Å². The highest BCUT2D eigenvalue weighted by atomic mass is 35.5. The van der Waals surface area contributed by atoms with Crippen LogP contribution in [0, 0.1) is 5.95 Å². The Labute approximate surface area is 70.0 Å². The Morgan fingerprint density at radius 2 is 1.92 bits per heavy atom. The molecule has 0 unspecified atom stereocenters. The summed E-state index contributed by atoms with van der Waals surface area (Å²) in [6, 6.07) is 0.616. The van der Waals surface area contributed by atoms with Gasteiger partial charge in [0.2, 0.25) is 5.95 Å². The van der Waals surface area contributed by atoms with Crippen molar-refractivity contribution in [3.8, 4) is 0 Å². The Hall–Kier alpha value is -0.840. The second-order valence-electron chi connectivity index (χ2n) is 1.96. The Kier molecular flexibility index (Phi) is 2.23. The highest BCUT2D eigenvalue weighted by Gasteiger charge is 2.34. The topological polar surface area (TPSA) is 12.9 Å². The molecule has 1 aromatic heterocycles. The summed E-state index contributed by atoms with van der Waals surface area (Å²) in [4.78, 5) is 2.95. The summed E-state index contributed by atoms with van der Waals surface area (Å²) in [7, 11) is 0. The maximum absolute atomic E-state index is 12.4. The lowest BCUT2D eigenvalue weighted by Gasteiger charge is -2.07. The molecule has 0 amide bonds. The average molecular weight is 200 g/mol. The Morgan fingerprint density at radius 1 is 1.33 bits per heavy atom. The van der Waals surface area contributed by atoms with Gasteiger partial charge < -0.3 is 0 Å². The van der Waals surface area contributed by atoms with E-state index in [0.717, 1.165) is 0 Å². The van der Waals surface area contributed by atoms with E-state index in [2.05, 4.69) is 4.98 Å². The van der Waals surface area contributed by atoms with Crippen LogP contribution in [0.2, 0.25) is 5.02 Å². The van der Waals surface area contributed by atoms with Gasteiger partial charge in [0.15, 0.2) is 0 Å². The lowest BCUT2D eigenvalue weighted by molar-refractivity contribution is -0.137. The van der Waals surface area contributed by atoms with Crippen LogP contribution in [-0.4, -0.2) is 4.98 Å². The molecule has 0 saturated heterocycles.